The van der Waals surface area contributed by atoms with E-state index in [2.05, 4.69) is 29.2 Å². The molecule has 3 aromatic carbocycles. The molecule has 1 aliphatic rings. The number of para-hydroxylation sites is 1. The van der Waals surface area contributed by atoms with Crippen molar-refractivity contribution in [3.05, 3.63) is 123 Å². The summed E-state index contributed by atoms with van der Waals surface area (Å²) in [5.74, 6) is 0.344. The van der Waals surface area contributed by atoms with Crippen molar-refractivity contribution in [3.8, 4) is 5.69 Å². The van der Waals surface area contributed by atoms with E-state index < -0.39 is 0 Å². The molecule has 0 fully saturated rings. The molecule has 2 aromatic heterocycles. The number of hydrogen-bond donors (Lipinski definition) is 0. The summed E-state index contributed by atoms with van der Waals surface area (Å²) in [7, 11) is 0. The summed E-state index contributed by atoms with van der Waals surface area (Å²) in [6.45, 7) is 2.64. The van der Waals surface area contributed by atoms with E-state index in [0.29, 0.717) is 10.9 Å². The molecule has 0 unspecified atom stereocenters. The van der Waals surface area contributed by atoms with Gasteiger partial charge in [-0.05, 0) is 47.4 Å². The minimum absolute atomic E-state index is 0.0122. The predicted molar refractivity (Wildman–Crippen MR) is 145 cm³/mol. The topological polar surface area (TPSA) is 38.1 Å². The summed E-state index contributed by atoms with van der Waals surface area (Å²) in [5, 5.41) is 1.41. The molecular weight excluding hydrogens is 489 g/mol. The third-order valence-electron chi connectivity index (χ3n) is 6.47. The van der Waals surface area contributed by atoms with Crippen LogP contribution in [0.3, 0.4) is 0 Å². The van der Waals surface area contributed by atoms with E-state index >= 15 is 0 Å². The molecule has 6 rings (SSSR count). The van der Waals surface area contributed by atoms with Crippen LogP contribution in [0.2, 0.25) is 0 Å². The molecule has 0 radical (unpaired) electrons. The molecule has 0 spiro atoms. The molecule has 4 nitrogen and oxygen atoms in total. The highest BCUT2D eigenvalue weighted by atomic mass is 32.2. The van der Waals surface area contributed by atoms with Crippen molar-refractivity contribution in [2.75, 3.05) is 6.54 Å². The first-order valence-corrected chi connectivity index (χ1v) is 13.7. The van der Waals surface area contributed by atoms with E-state index in [1.807, 2.05) is 36.4 Å². The lowest BCUT2D eigenvalue weighted by molar-refractivity contribution is 0.249. The minimum Gasteiger partial charge on any atom is -0.294 e. The SMILES string of the molecule is O=c1c2c3c(sc2nc(SCc2ccc(F)cc2)n1-c1ccccc1)CN(Cc1ccccc1)CC3. The zero-order chi connectivity index (χ0) is 24.5. The van der Waals surface area contributed by atoms with Crippen molar-refractivity contribution < 1.29 is 4.39 Å². The Balaban J connectivity index is 1.38. The molecule has 0 atom stereocenters. The van der Waals surface area contributed by atoms with Gasteiger partial charge in [0.25, 0.3) is 5.56 Å². The number of rotatable bonds is 6. The van der Waals surface area contributed by atoms with Crippen LogP contribution < -0.4 is 5.56 Å². The molecular formula is C29H24FN3OS2. The molecule has 0 bridgehead atoms. The Morgan fingerprint density at radius 3 is 2.39 bits per heavy atom. The molecule has 180 valence electrons. The summed E-state index contributed by atoms with van der Waals surface area (Å²) in [6, 6.07) is 26.7. The predicted octanol–water partition coefficient (Wildman–Crippen LogP) is 6.44. The fourth-order valence-electron chi connectivity index (χ4n) is 4.68. The van der Waals surface area contributed by atoms with Gasteiger partial charge in [-0.1, -0.05) is 72.4 Å². The maximum absolute atomic E-state index is 14.0. The number of thiophene rings is 1. The van der Waals surface area contributed by atoms with Gasteiger partial charge in [0.1, 0.15) is 10.6 Å². The van der Waals surface area contributed by atoms with Crippen LogP contribution in [0.1, 0.15) is 21.6 Å². The monoisotopic (exact) mass is 513 g/mol. The fourth-order valence-corrected chi connectivity index (χ4v) is 6.96. The molecule has 0 saturated carbocycles. The van der Waals surface area contributed by atoms with Crippen molar-refractivity contribution in [3.63, 3.8) is 0 Å². The zero-order valence-electron chi connectivity index (χ0n) is 19.6. The van der Waals surface area contributed by atoms with Gasteiger partial charge in [0.05, 0.1) is 11.1 Å². The Labute approximate surface area is 217 Å². The number of thioether (sulfide) groups is 1. The number of fused-ring (bicyclic) bond motifs is 3. The Hall–Kier alpha value is -3.26. The highest BCUT2D eigenvalue weighted by molar-refractivity contribution is 7.98. The lowest BCUT2D eigenvalue weighted by Crippen LogP contribution is -2.30. The van der Waals surface area contributed by atoms with Crippen LogP contribution >= 0.6 is 23.1 Å². The third kappa shape index (κ3) is 4.62. The van der Waals surface area contributed by atoms with E-state index in [9.17, 15) is 9.18 Å². The van der Waals surface area contributed by atoms with Gasteiger partial charge in [-0.15, -0.1) is 11.3 Å². The first kappa shape index (κ1) is 23.2. The maximum atomic E-state index is 14.0. The number of nitrogens with zero attached hydrogens (tertiary/aromatic N) is 3. The maximum Gasteiger partial charge on any atom is 0.267 e. The van der Waals surface area contributed by atoms with E-state index in [1.165, 1.54) is 34.3 Å². The number of halogens is 1. The average Bonchev–Trinajstić information content (AvgIpc) is 3.27. The van der Waals surface area contributed by atoms with E-state index in [0.717, 1.165) is 53.1 Å². The fraction of sp³-hybridized carbons (Fsp3) is 0.172. The quantitative estimate of drug-likeness (QED) is 0.194. The van der Waals surface area contributed by atoms with Crippen molar-refractivity contribution in [1.82, 2.24) is 14.5 Å². The normalized spacial score (nSPS) is 13.7. The first-order valence-electron chi connectivity index (χ1n) is 11.9. The van der Waals surface area contributed by atoms with Crippen LogP contribution in [0.15, 0.2) is 94.9 Å². The van der Waals surface area contributed by atoms with Crippen molar-refractivity contribution in [2.24, 2.45) is 0 Å². The Kier molecular flexibility index (Phi) is 6.44. The summed E-state index contributed by atoms with van der Waals surface area (Å²) in [6.07, 6.45) is 0.843. The van der Waals surface area contributed by atoms with Crippen LogP contribution in [0.5, 0.6) is 0 Å². The molecule has 0 aliphatic carbocycles. The van der Waals surface area contributed by atoms with Gasteiger partial charge in [0.15, 0.2) is 5.16 Å². The Morgan fingerprint density at radius 1 is 0.917 bits per heavy atom. The first-order chi connectivity index (χ1) is 17.7. The van der Waals surface area contributed by atoms with Gasteiger partial charge in [-0.3, -0.25) is 14.3 Å². The standard InChI is InChI=1S/C29H24FN3OS2/c30-22-13-11-21(12-14-22)19-35-29-31-27-26(28(34)33(29)23-9-5-2-6-10-23)24-15-16-32(18-25(24)36-27)17-20-7-3-1-4-8-20/h1-14H,15-19H2. The molecule has 3 heterocycles. The molecule has 0 amide bonds. The van der Waals surface area contributed by atoms with E-state index in [-0.39, 0.29) is 11.4 Å². The zero-order valence-corrected chi connectivity index (χ0v) is 21.2. The average molecular weight is 514 g/mol. The van der Waals surface area contributed by atoms with Crippen molar-refractivity contribution in [2.45, 2.75) is 30.4 Å². The molecule has 5 aromatic rings. The van der Waals surface area contributed by atoms with E-state index in [1.54, 1.807) is 28.0 Å². The summed E-state index contributed by atoms with van der Waals surface area (Å²) in [5.41, 5.74) is 4.22. The number of hydrogen-bond acceptors (Lipinski definition) is 5. The van der Waals surface area contributed by atoms with Gasteiger partial charge < -0.3 is 0 Å². The van der Waals surface area contributed by atoms with Crippen LogP contribution in [0.4, 0.5) is 4.39 Å². The second kappa shape index (κ2) is 10.0. The number of aromatic nitrogens is 2. The van der Waals surface area contributed by atoms with E-state index in [4.69, 9.17) is 4.98 Å². The van der Waals surface area contributed by atoms with Crippen LogP contribution in [-0.4, -0.2) is 21.0 Å². The molecule has 0 N–H and O–H groups in total. The van der Waals surface area contributed by atoms with Crippen molar-refractivity contribution in [1.29, 1.82) is 0 Å². The van der Waals surface area contributed by atoms with Gasteiger partial charge in [0.2, 0.25) is 0 Å². The molecule has 1 aliphatic heterocycles. The van der Waals surface area contributed by atoms with Crippen LogP contribution in [0, 0.1) is 5.82 Å². The summed E-state index contributed by atoms with van der Waals surface area (Å²) in [4.78, 5) is 23.5. The third-order valence-corrected chi connectivity index (χ3v) is 8.59. The molecule has 0 saturated heterocycles. The van der Waals surface area contributed by atoms with Crippen molar-refractivity contribution >= 4 is 33.3 Å². The van der Waals surface area contributed by atoms with Gasteiger partial charge >= 0.3 is 0 Å². The van der Waals surface area contributed by atoms with Crippen LogP contribution in [0.25, 0.3) is 15.9 Å². The lowest BCUT2D eigenvalue weighted by Gasteiger charge is -2.26. The number of benzene rings is 3. The van der Waals surface area contributed by atoms with Gasteiger partial charge in [-0.25, -0.2) is 9.37 Å². The second-order valence-electron chi connectivity index (χ2n) is 8.92. The largest absolute Gasteiger partial charge is 0.294 e. The molecule has 7 heteroatoms. The second-order valence-corrected chi connectivity index (χ2v) is 10.9. The highest BCUT2D eigenvalue weighted by Crippen LogP contribution is 2.35. The molecule has 36 heavy (non-hydrogen) atoms. The summed E-state index contributed by atoms with van der Waals surface area (Å²) >= 11 is 3.14. The lowest BCUT2D eigenvalue weighted by atomic mass is 10.0. The Morgan fingerprint density at radius 2 is 1.64 bits per heavy atom. The van der Waals surface area contributed by atoms with Gasteiger partial charge in [-0.2, -0.15) is 0 Å². The van der Waals surface area contributed by atoms with Gasteiger partial charge in [0, 0.05) is 30.3 Å². The summed E-state index contributed by atoms with van der Waals surface area (Å²) < 4.78 is 15.1. The Bertz CT molecular complexity index is 1560. The highest BCUT2D eigenvalue weighted by Gasteiger charge is 2.25. The van der Waals surface area contributed by atoms with Crippen LogP contribution in [-0.2, 0) is 25.3 Å². The minimum atomic E-state index is -0.255. The smallest absolute Gasteiger partial charge is 0.267 e.